The van der Waals surface area contributed by atoms with Gasteiger partial charge in [0.1, 0.15) is 0 Å². The fourth-order valence-electron chi connectivity index (χ4n) is 4.53. The summed E-state index contributed by atoms with van der Waals surface area (Å²) in [5.41, 5.74) is 10.3. The van der Waals surface area contributed by atoms with Crippen LogP contribution in [0.3, 0.4) is 0 Å². The van der Waals surface area contributed by atoms with E-state index in [0.717, 1.165) is 11.8 Å². The van der Waals surface area contributed by atoms with E-state index in [4.69, 9.17) is 0 Å². The Morgan fingerprint density at radius 3 is 2.48 bits per heavy atom. The van der Waals surface area contributed by atoms with E-state index < -0.39 is 0 Å². The predicted octanol–water partition coefficient (Wildman–Crippen LogP) is 5.91. The van der Waals surface area contributed by atoms with Crippen LogP contribution >= 0.6 is 0 Å². The van der Waals surface area contributed by atoms with Crippen molar-refractivity contribution in [3.05, 3.63) is 76.9 Å². The van der Waals surface area contributed by atoms with Gasteiger partial charge in [0.05, 0.1) is 0 Å². The molecule has 23 heavy (non-hydrogen) atoms. The van der Waals surface area contributed by atoms with Gasteiger partial charge in [-0.05, 0) is 64.6 Å². The molecule has 2 aromatic carbocycles. The first-order valence-electron chi connectivity index (χ1n) is 8.70. The zero-order valence-electron chi connectivity index (χ0n) is 14.1. The Kier molecular flexibility index (Phi) is 2.48. The van der Waals surface area contributed by atoms with Crippen molar-refractivity contribution in [2.75, 3.05) is 0 Å². The molecule has 0 aliphatic heterocycles. The summed E-state index contributed by atoms with van der Waals surface area (Å²) in [7, 11) is 0. The average Bonchev–Trinajstić information content (AvgIpc) is 3.29. The van der Waals surface area contributed by atoms with Gasteiger partial charge in [-0.3, -0.25) is 0 Å². The third kappa shape index (κ3) is 1.78. The van der Waals surface area contributed by atoms with Crippen LogP contribution in [0.2, 0.25) is 0 Å². The molecule has 1 saturated carbocycles. The van der Waals surface area contributed by atoms with Crippen LogP contribution < -0.4 is 0 Å². The number of hydrogen-bond acceptors (Lipinski definition) is 0. The van der Waals surface area contributed by atoms with Crippen LogP contribution in [0.1, 0.15) is 37.0 Å². The van der Waals surface area contributed by atoms with Gasteiger partial charge in [-0.2, -0.15) is 0 Å². The van der Waals surface area contributed by atoms with E-state index in [9.17, 15) is 0 Å². The van der Waals surface area contributed by atoms with Crippen LogP contribution in [-0.2, 0) is 5.41 Å². The molecule has 0 spiro atoms. The molecule has 2 atom stereocenters. The van der Waals surface area contributed by atoms with Gasteiger partial charge in [-0.25, -0.2) is 0 Å². The Balaban J connectivity index is 1.66. The van der Waals surface area contributed by atoms with Crippen molar-refractivity contribution < 1.29 is 0 Å². The van der Waals surface area contributed by atoms with E-state index in [1.54, 1.807) is 11.1 Å². The van der Waals surface area contributed by atoms with Crippen molar-refractivity contribution in [2.45, 2.75) is 32.6 Å². The number of rotatable bonds is 1. The Labute approximate surface area is 138 Å². The van der Waals surface area contributed by atoms with Crippen molar-refractivity contribution in [1.29, 1.82) is 0 Å². The van der Waals surface area contributed by atoms with Gasteiger partial charge in [0, 0.05) is 5.41 Å². The lowest BCUT2D eigenvalue weighted by Crippen LogP contribution is -2.16. The molecule has 0 amide bonds. The summed E-state index contributed by atoms with van der Waals surface area (Å²) >= 11 is 0. The summed E-state index contributed by atoms with van der Waals surface area (Å²) in [6.07, 6.45) is 6.21. The van der Waals surface area contributed by atoms with Gasteiger partial charge < -0.3 is 0 Å². The molecule has 0 radical (unpaired) electrons. The highest BCUT2D eigenvalue weighted by Gasteiger charge is 2.48. The molecule has 5 rings (SSSR count). The number of benzene rings is 2. The zero-order valence-corrected chi connectivity index (χ0v) is 14.1. The summed E-state index contributed by atoms with van der Waals surface area (Å²) in [6.45, 7) is 6.92. The van der Waals surface area contributed by atoms with E-state index in [-0.39, 0.29) is 5.41 Å². The third-order valence-electron chi connectivity index (χ3n) is 6.05. The van der Waals surface area contributed by atoms with Crippen LogP contribution in [0, 0.1) is 18.8 Å². The summed E-state index contributed by atoms with van der Waals surface area (Å²) in [5.74, 6) is 1.60. The SMILES string of the molecule is Cc1ccc(-c2ccc3c(c2)C(C)(C)C2=C3C3CC3C=C2)cc1. The Bertz CT molecular complexity index is 875. The average molecular weight is 298 g/mol. The Morgan fingerprint density at radius 1 is 0.957 bits per heavy atom. The Hall–Kier alpha value is -2.08. The second-order valence-electron chi connectivity index (χ2n) is 7.94. The van der Waals surface area contributed by atoms with Crippen molar-refractivity contribution >= 4 is 5.57 Å². The molecule has 0 heterocycles. The van der Waals surface area contributed by atoms with Crippen molar-refractivity contribution in [3.63, 3.8) is 0 Å². The smallest absolute Gasteiger partial charge is 0.0155 e. The molecule has 2 unspecified atom stereocenters. The van der Waals surface area contributed by atoms with Crippen LogP contribution in [0.15, 0.2) is 60.2 Å². The summed E-state index contributed by atoms with van der Waals surface area (Å²) < 4.78 is 0. The number of aryl methyl sites for hydroxylation is 1. The third-order valence-corrected chi connectivity index (χ3v) is 6.05. The van der Waals surface area contributed by atoms with E-state index in [1.807, 2.05) is 0 Å². The molecular formula is C23H22. The lowest BCUT2D eigenvalue weighted by Gasteiger charge is -2.24. The maximum Gasteiger partial charge on any atom is 0.0155 e. The summed E-state index contributed by atoms with van der Waals surface area (Å²) in [5, 5.41) is 0. The maximum atomic E-state index is 2.44. The largest absolute Gasteiger partial charge is 0.0805 e. The highest BCUT2D eigenvalue weighted by molar-refractivity contribution is 5.87. The molecule has 0 nitrogen and oxygen atoms in total. The first-order valence-corrected chi connectivity index (χ1v) is 8.70. The lowest BCUT2D eigenvalue weighted by molar-refractivity contribution is 0.651. The van der Waals surface area contributed by atoms with Gasteiger partial charge in [0.15, 0.2) is 0 Å². The topological polar surface area (TPSA) is 0 Å². The quantitative estimate of drug-likeness (QED) is 0.613. The summed E-state index contributed by atoms with van der Waals surface area (Å²) in [4.78, 5) is 0. The highest BCUT2D eigenvalue weighted by atomic mass is 14.5. The van der Waals surface area contributed by atoms with Crippen molar-refractivity contribution in [1.82, 2.24) is 0 Å². The minimum absolute atomic E-state index is 0.134. The minimum Gasteiger partial charge on any atom is -0.0805 e. The Morgan fingerprint density at radius 2 is 1.70 bits per heavy atom. The van der Waals surface area contributed by atoms with E-state index in [2.05, 4.69) is 75.4 Å². The molecule has 0 bridgehead atoms. The van der Waals surface area contributed by atoms with Gasteiger partial charge in [0.25, 0.3) is 0 Å². The standard InChI is InChI=1S/C23H22/c1-14-4-6-15(7-5-14)16-8-10-18-21(13-16)23(2,3)20-11-9-17-12-19(17)22(18)20/h4-11,13,17,19H,12H2,1-3H3. The van der Waals surface area contributed by atoms with Gasteiger partial charge in [-0.15, -0.1) is 0 Å². The molecule has 0 aromatic heterocycles. The van der Waals surface area contributed by atoms with Crippen molar-refractivity contribution in [3.8, 4) is 11.1 Å². The number of fused-ring (bicyclic) bond motifs is 4. The van der Waals surface area contributed by atoms with Crippen LogP contribution in [0.25, 0.3) is 16.7 Å². The van der Waals surface area contributed by atoms with E-state index >= 15 is 0 Å². The minimum atomic E-state index is 0.134. The molecule has 1 fully saturated rings. The fraction of sp³-hybridized carbons (Fsp3) is 0.304. The molecule has 114 valence electrons. The number of allylic oxidation sites excluding steroid dienone is 4. The maximum absolute atomic E-state index is 2.44. The molecule has 0 N–H and O–H groups in total. The van der Waals surface area contributed by atoms with Crippen molar-refractivity contribution in [2.24, 2.45) is 11.8 Å². The number of hydrogen-bond donors (Lipinski definition) is 0. The summed E-state index contributed by atoms with van der Waals surface area (Å²) in [6, 6.07) is 16.0. The lowest BCUT2D eigenvalue weighted by atomic mass is 9.79. The molecule has 0 heteroatoms. The van der Waals surface area contributed by atoms with Crippen LogP contribution in [-0.4, -0.2) is 0 Å². The zero-order chi connectivity index (χ0) is 15.8. The molecular weight excluding hydrogens is 276 g/mol. The molecule has 2 aromatic rings. The second kappa shape index (κ2) is 4.26. The molecule has 3 aliphatic rings. The predicted molar refractivity (Wildman–Crippen MR) is 97.3 cm³/mol. The first-order chi connectivity index (χ1) is 11.1. The second-order valence-corrected chi connectivity index (χ2v) is 7.94. The normalized spacial score (nSPS) is 25.9. The fourth-order valence-corrected chi connectivity index (χ4v) is 4.53. The van der Waals surface area contributed by atoms with Crippen LogP contribution in [0.5, 0.6) is 0 Å². The van der Waals surface area contributed by atoms with Gasteiger partial charge in [-0.1, -0.05) is 68.0 Å². The van der Waals surface area contributed by atoms with E-state index in [0.29, 0.717) is 0 Å². The monoisotopic (exact) mass is 298 g/mol. The van der Waals surface area contributed by atoms with Gasteiger partial charge in [0.2, 0.25) is 0 Å². The van der Waals surface area contributed by atoms with Gasteiger partial charge >= 0.3 is 0 Å². The van der Waals surface area contributed by atoms with Crippen LogP contribution in [0.4, 0.5) is 0 Å². The van der Waals surface area contributed by atoms with E-state index in [1.165, 1.54) is 34.2 Å². The highest BCUT2D eigenvalue weighted by Crippen LogP contribution is 2.60. The molecule has 3 aliphatic carbocycles. The first kappa shape index (κ1) is 13.4. The molecule has 0 saturated heterocycles.